The Morgan fingerprint density at radius 2 is 1.82 bits per heavy atom. The minimum atomic E-state index is -1.54. The number of aliphatic hydroxyl groups is 1. The molecule has 0 saturated carbocycles. The van der Waals surface area contributed by atoms with Gasteiger partial charge in [-0.2, -0.15) is 0 Å². The van der Waals surface area contributed by atoms with E-state index < -0.39 is 23.3 Å². The van der Waals surface area contributed by atoms with E-state index in [0.717, 1.165) is 11.1 Å². The fourth-order valence-corrected chi connectivity index (χ4v) is 3.74. The lowest BCUT2D eigenvalue weighted by Gasteiger charge is -2.43. The number of nitrogens with zero attached hydrogens (tertiary/aromatic N) is 1. The second kappa shape index (κ2) is 7.72. The molecule has 6 heteroatoms. The summed E-state index contributed by atoms with van der Waals surface area (Å²) in [5, 5.41) is 20.5. The largest absolute Gasteiger partial charge is 0.481 e. The van der Waals surface area contributed by atoms with Gasteiger partial charge in [-0.1, -0.05) is 18.2 Å². The molecule has 2 atom stereocenters. The maximum Gasteiger partial charge on any atom is 0.314 e. The Balaban J connectivity index is 1.89. The molecule has 1 heterocycles. The topological polar surface area (TPSA) is 77.8 Å². The minimum Gasteiger partial charge on any atom is -0.481 e. The molecule has 2 N–H and O–H groups in total. The predicted molar refractivity (Wildman–Crippen MR) is 103 cm³/mol. The van der Waals surface area contributed by atoms with Crippen molar-refractivity contribution in [2.45, 2.75) is 32.8 Å². The highest BCUT2D eigenvalue weighted by atomic mass is 19.1. The Morgan fingerprint density at radius 1 is 1.14 bits per heavy atom. The highest BCUT2D eigenvalue weighted by Crippen LogP contribution is 2.35. The number of aliphatic hydroxyl groups excluding tert-OH is 1. The van der Waals surface area contributed by atoms with E-state index in [9.17, 15) is 24.2 Å². The van der Waals surface area contributed by atoms with E-state index in [-0.39, 0.29) is 31.8 Å². The summed E-state index contributed by atoms with van der Waals surface area (Å²) >= 11 is 0. The summed E-state index contributed by atoms with van der Waals surface area (Å²) in [6.07, 6.45) is -0.913. The van der Waals surface area contributed by atoms with Crippen LogP contribution in [0.1, 0.15) is 33.5 Å². The number of likely N-dealkylation sites (tertiary alicyclic amines) is 1. The molecule has 1 fully saturated rings. The molecule has 5 nitrogen and oxygen atoms in total. The van der Waals surface area contributed by atoms with Gasteiger partial charge in [-0.05, 0) is 67.6 Å². The first kappa shape index (κ1) is 20.0. The molecule has 1 aliphatic rings. The molecule has 3 rings (SSSR count). The average molecular weight is 385 g/mol. The first-order valence-corrected chi connectivity index (χ1v) is 9.25. The number of aryl methyl sites for hydroxylation is 2. The summed E-state index contributed by atoms with van der Waals surface area (Å²) in [5.41, 5.74) is 1.62. The van der Waals surface area contributed by atoms with Gasteiger partial charge in [0.05, 0.1) is 6.10 Å². The summed E-state index contributed by atoms with van der Waals surface area (Å²) < 4.78 is 13.2. The SMILES string of the molecule is Cc1ccc(C(=O)N2CC[C@H](O)[C@](Cc3ccc(F)cc3)(C(=O)O)C2)cc1C. The van der Waals surface area contributed by atoms with E-state index in [1.165, 1.54) is 29.2 Å². The van der Waals surface area contributed by atoms with Crippen molar-refractivity contribution >= 4 is 11.9 Å². The smallest absolute Gasteiger partial charge is 0.314 e. The molecule has 2 aromatic rings. The van der Waals surface area contributed by atoms with Crippen molar-refractivity contribution in [3.8, 4) is 0 Å². The second-order valence-corrected chi connectivity index (χ2v) is 7.59. The molecule has 2 aromatic carbocycles. The van der Waals surface area contributed by atoms with Crippen molar-refractivity contribution in [3.63, 3.8) is 0 Å². The van der Waals surface area contributed by atoms with Crippen molar-refractivity contribution in [1.82, 2.24) is 4.90 Å². The van der Waals surface area contributed by atoms with Crippen LogP contribution in [0.3, 0.4) is 0 Å². The third-order valence-electron chi connectivity index (χ3n) is 5.68. The molecule has 0 spiro atoms. The third-order valence-corrected chi connectivity index (χ3v) is 5.68. The summed E-state index contributed by atoms with van der Waals surface area (Å²) in [6, 6.07) is 10.9. The number of hydrogen-bond donors (Lipinski definition) is 2. The van der Waals surface area contributed by atoms with E-state index in [4.69, 9.17) is 0 Å². The average Bonchev–Trinajstić information content (AvgIpc) is 2.67. The van der Waals surface area contributed by atoms with Gasteiger partial charge in [0.2, 0.25) is 0 Å². The Morgan fingerprint density at radius 3 is 2.43 bits per heavy atom. The number of rotatable bonds is 4. The molecule has 0 bridgehead atoms. The fraction of sp³-hybridized carbons (Fsp3) is 0.364. The van der Waals surface area contributed by atoms with Crippen LogP contribution in [0.25, 0.3) is 0 Å². The number of aliphatic carboxylic acids is 1. The molecule has 28 heavy (non-hydrogen) atoms. The zero-order valence-corrected chi connectivity index (χ0v) is 16.0. The Kier molecular flexibility index (Phi) is 5.52. The minimum absolute atomic E-state index is 0.0144. The van der Waals surface area contributed by atoms with Crippen LogP contribution in [0.2, 0.25) is 0 Å². The van der Waals surface area contributed by atoms with Crippen LogP contribution in [0.15, 0.2) is 42.5 Å². The van der Waals surface area contributed by atoms with Crippen LogP contribution in [-0.2, 0) is 11.2 Å². The van der Waals surface area contributed by atoms with Crippen molar-refractivity contribution in [2.24, 2.45) is 5.41 Å². The summed E-state index contributed by atoms with van der Waals surface area (Å²) in [5.74, 6) is -1.83. The second-order valence-electron chi connectivity index (χ2n) is 7.59. The molecule has 1 saturated heterocycles. The molecular formula is C22H24FNO4. The fourth-order valence-electron chi connectivity index (χ4n) is 3.74. The lowest BCUT2D eigenvalue weighted by Crippen LogP contribution is -2.58. The normalized spacial score (nSPS) is 22.1. The monoisotopic (exact) mass is 385 g/mol. The number of piperidine rings is 1. The highest BCUT2D eigenvalue weighted by Gasteiger charge is 2.50. The van der Waals surface area contributed by atoms with Crippen LogP contribution >= 0.6 is 0 Å². The number of carbonyl (C=O) groups excluding carboxylic acids is 1. The maximum atomic E-state index is 13.2. The summed E-state index contributed by atoms with van der Waals surface area (Å²) in [4.78, 5) is 26.7. The zero-order valence-electron chi connectivity index (χ0n) is 16.0. The van der Waals surface area contributed by atoms with Gasteiger partial charge in [-0.15, -0.1) is 0 Å². The van der Waals surface area contributed by atoms with Crippen LogP contribution < -0.4 is 0 Å². The molecule has 1 amide bonds. The van der Waals surface area contributed by atoms with Gasteiger partial charge in [0, 0.05) is 18.7 Å². The summed E-state index contributed by atoms with van der Waals surface area (Å²) in [7, 11) is 0. The first-order chi connectivity index (χ1) is 13.2. The van der Waals surface area contributed by atoms with Gasteiger partial charge in [-0.25, -0.2) is 4.39 Å². The quantitative estimate of drug-likeness (QED) is 0.848. The number of carboxylic acid groups (broad SMARTS) is 1. The van der Waals surface area contributed by atoms with Crippen LogP contribution in [0.5, 0.6) is 0 Å². The molecule has 0 radical (unpaired) electrons. The zero-order chi connectivity index (χ0) is 20.5. The van der Waals surface area contributed by atoms with E-state index in [2.05, 4.69) is 0 Å². The van der Waals surface area contributed by atoms with Crippen molar-refractivity contribution in [1.29, 1.82) is 0 Å². The molecule has 1 aliphatic heterocycles. The van der Waals surface area contributed by atoms with E-state index in [1.807, 2.05) is 19.9 Å². The number of amides is 1. The Hall–Kier alpha value is -2.73. The first-order valence-electron chi connectivity index (χ1n) is 9.25. The molecule has 0 unspecified atom stereocenters. The lowest BCUT2D eigenvalue weighted by molar-refractivity contribution is -0.161. The van der Waals surface area contributed by atoms with Gasteiger partial charge < -0.3 is 15.1 Å². The number of hydrogen-bond acceptors (Lipinski definition) is 3. The third kappa shape index (κ3) is 3.78. The number of carbonyl (C=O) groups is 2. The van der Waals surface area contributed by atoms with Crippen molar-refractivity contribution < 1.29 is 24.2 Å². The molecular weight excluding hydrogens is 361 g/mol. The van der Waals surface area contributed by atoms with E-state index in [1.54, 1.807) is 12.1 Å². The Labute approximate surface area is 163 Å². The van der Waals surface area contributed by atoms with E-state index in [0.29, 0.717) is 11.1 Å². The van der Waals surface area contributed by atoms with Crippen LogP contribution in [-0.4, -0.2) is 46.2 Å². The van der Waals surface area contributed by atoms with Gasteiger partial charge in [0.25, 0.3) is 5.91 Å². The van der Waals surface area contributed by atoms with Gasteiger partial charge in [-0.3, -0.25) is 9.59 Å². The van der Waals surface area contributed by atoms with Gasteiger partial charge in [0.15, 0.2) is 0 Å². The van der Waals surface area contributed by atoms with Crippen LogP contribution in [0.4, 0.5) is 4.39 Å². The number of halogens is 1. The van der Waals surface area contributed by atoms with Gasteiger partial charge >= 0.3 is 5.97 Å². The molecule has 0 aliphatic carbocycles. The van der Waals surface area contributed by atoms with Crippen LogP contribution in [0, 0.1) is 25.1 Å². The number of carboxylic acids is 1. The van der Waals surface area contributed by atoms with E-state index >= 15 is 0 Å². The number of benzene rings is 2. The lowest BCUT2D eigenvalue weighted by atomic mass is 9.72. The van der Waals surface area contributed by atoms with Gasteiger partial charge in [0.1, 0.15) is 11.2 Å². The Bertz CT molecular complexity index is 896. The molecule has 148 valence electrons. The maximum absolute atomic E-state index is 13.2. The predicted octanol–water partition coefficient (Wildman–Crippen LogP) is 2.96. The molecule has 0 aromatic heterocycles. The standard InChI is InChI=1S/C22H24FNO4/c1-14-3-6-17(11-15(14)2)20(26)24-10-9-19(25)22(13-24,21(27)28)12-16-4-7-18(23)8-5-16/h3-8,11,19,25H,9-10,12-13H2,1-2H3,(H,27,28)/t19-,22+/m0/s1. The highest BCUT2D eigenvalue weighted by molar-refractivity contribution is 5.95. The van der Waals surface area contributed by atoms with Crippen molar-refractivity contribution in [2.75, 3.05) is 13.1 Å². The van der Waals surface area contributed by atoms with Crippen molar-refractivity contribution in [3.05, 3.63) is 70.5 Å². The summed E-state index contributed by atoms with van der Waals surface area (Å²) in [6.45, 7) is 4.05.